The maximum Gasteiger partial charge on any atom is 0.269 e. The Labute approximate surface area is 218 Å². The van der Waals surface area contributed by atoms with Crippen LogP contribution in [0.5, 0.6) is 5.75 Å². The van der Waals surface area contributed by atoms with Crippen molar-refractivity contribution in [2.24, 2.45) is 11.8 Å². The van der Waals surface area contributed by atoms with Crippen LogP contribution in [-0.2, 0) is 16.1 Å². The van der Waals surface area contributed by atoms with E-state index in [4.69, 9.17) is 4.74 Å². The fourth-order valence-electron chi connectivity index (χ4n) is 5.91. The first-order valence-electron chi connectivity index (χ1n) is 12.2. The van der Waals surface area contributed by atoms with Gasteiger partial charge >= 0.3 is 0 Å². The Hall–Kier alpha value is -4.79. The van der Waals surface area contributed by atoms with Gasteiger partial charge in [-0.1, -0.05) is 36.4 Å². The van der Waals surface area contributed by atoms with Gasteiger partial charge in [0, 0.05) is 23.9 Å². The van der Waals surface area contributed by atoms with Crippen LogP contribution in [0.15, 0.2) is 79.0 Å². The minimum Gasteiger partial charge on any atom is -0.497 e. The Morgan fingerprint density at radius 1 is 0.947 bits per heavy atom. The van der Waals surface area contributed by atoms with E-state index in [-0.39, 0.29) is 29.5 Å². The van der Waals surface area contributed by atoms with Crippen molar-refractivity contribution in [2.45, 2.75) is 18.6 Å². The van der Waals surface area contributed by atoms with Crippen LogP contribution < -0.4 is 4.74 Å². The van der Waals surface area contributed by atoms with Gasteiger partial charge < -0.3 is 9.64 Å². The minimum atomic E-state index is -0.923. The van der Waals surface area contributed by atoms with E-state index in [0.717, 1.165) is 16.7 Å². The highest BCUT2D eigenvalue weighted by Gasteiger charge is 2.64. The molecule has 2 amide bonds. The quantitative estimate of drug-likeness (QED) is 0.214. The van der Waals surface area contributed by atoms with Gasteiger partial charge in [-0.3, -0.25) is 29.4 Å². The van der Waals surface area contributed by atoms with Gasteiger partial charge in [0.1, 0.15) is 11.8 Å². The first kappa shape index (κ1) is 23.6. The van der Waals surface area contributed by atoms with Crippen LogP contribution in [0.4, 0.5) is 5.69 Å². The van der Waals surface area contributed by atoms with Crippen molar-refractivity contribution in [3.05, 3.63) is 111 Å². The van der Waals surface area contributed by atoms with E-state index in [1.54, 1.807) is 37.6 Å². The van der Waals surface area contributed by atoms with Gasteiger partial charge in [-0.25, -0.2) is 0 Å². The number of Topliss-reactive ketones (excluding diaryl/α,β-unsaturated/α-hetero) is 1. The number of hydrogen-bond acceptors (Lipinski definition) is 7. The van der Waals surface area contributed by atoms with Gasteiger partial charge in [0.25, 0.3) is 5.69 Å². The van der Waals surface area contributed by atoms with Crippen LogP contribution in [-0.4, -0.2) is 45.5 Å². The maximum atomic E-state index is 13.9. The summed E-state index contributed by atoms with van der Waals surface area (Å²) in [6, 6.07) is 18.8. The minimum absolute atomic E-state index is 0.0946. The van der Waals surface area contributed by atoms with Crippen molar-refractivity contribution >= 4 is 29.4 Å². The number of carbonyl (C=O) groups excluding carboxylic acids is 3. The first-order valence-corrected chi connectivity index (χ1v) is 12.2. The molecule has 3 aromatic rings. The van der Waals surface area contributed by atoms with Gasteiger partial charge in [0.2, 0.25) is 11.8 Å². The third kappa shape index (κ3) is 3.58. The smallest absolute Gasteiger partial charge is 0.269 e. The molecule has 38 heavy (non-hydrogen) atoms. The van der Waals surface area contributed by atoms with Crippen LogP contribution in [0.3, 0.4) is 0 Å². The number of ether oxygens (including phenoxy) is 1. The Kier molecular flexibility index (Phi) is 5.56. The van der Waals surface area contributed by atoms with E-state index in [1.165, 1.54) is 29.2 Å². The number of carbonyl (C=O) groups is 3. The van der Waals surface area contributed by atoms with E-state index in [2.05, 4.69) is 0 Å². The molecule has 3 aromatic carbocycles. The molecule has 3 aliphatic rings. The molecule has 4 unspecified atom stereocenters. The molecule has 2 saturated heterocycles. The van der Waals surface area contributed by atoms with Gasteiger partial charge in [-0.2, -0.15) is 0 Å². The number of rotatable bonds is 6. The monoisotopic (exact) mass is 509 g/mol. The van der Waals surface area contributed by atoms with Crippen molar-refractivity contribution in [3.63, 3.8) is 0 Å². The third-order valence-corrected chi connectivity index (χ3v) is 7.68. The molecule has 190 valence electrons. The predicted octanol–water partition coefficient (Wildman–Crippen LogP) is 4.00. The zero-order valence-corrected chi connectivity index (χ0v) is 20.4. The van der Waals surface area contributed by atoms with E-state index in [1.807, 2.05) is 35.2 Å². The summed E-state index contributed by atoms with van der Waals surface area (Å²) in [5.41, 5.74) is 2.71. The SMILES string of the molecule is COc1ccc(CN2C(=O)C3C(C2=O)C2c4ccccc4C=CN2C3C(=O)c2ccc([N+](=O)[O-])cc2)cc1. The number of ketones is 1. The van der Waals surface area contributed by atoms with E-state index < -0.39 is 34.7 Å². The average Bonchev–Trinajstić information content (AvgIpc) is 3.41. The summed E-state index contributed by atoms with van der Waals surface area (Å²) in [5, 5.41) is 11.1. The Morgan fingerprint density at radius 3 is 2.32 bits per heavy atom. The van der Waals surface area contributed by atoms with Gasteiger partial charge in [-0.15, -0.1) is 0 Å². The summed E-state index contributed by atoms with van der Waals surface area (Å²) in [4.78, 5) is 55.2. The summed E-state index contributed by atoms with van der Waals surface area (Å²) in [5.74, 6) is -2.01. The summed E-state index contributed by atoms with van der Waals surface area (Å²) < 4.78 is 5.20. The van der Waals surface area contributed by atoms with Crippen molar-refractivity contribution in [3.8, 4) is 5.75 Å². The number of nitro benzene ring substituents is 1. The molecular weight excluding hydrogens is 486 g/mol. The third-order valence-electron chi connectivity index (χ3n) is 7.68. The topological polar surface area (TPSA) is 110 Å². The molecule has 0 bridgehead atoms. The Bertz CT molecular complexity index is 1500. The summed E-state index contributed by atoms with van der Waals surface area (Å²) in [6.07, 6.45) is 3.67. The molecule has 0 aromatic heterocycles. The number of imide groups is 1. The fourth-order valence-corrected chi connectivity index (χ4v) is 5.91. The number of amides is 2. The molecule has 0 aliphatic carbocycles. The first-order chi connectivity index (χ1) is 18.4. The number of nitrogens with zero attached hydrogens (tertiary/aromatic N) is 3. The lowest BCUT2D eigenvalue weighted by Crippen LogP contribution is -2.44. The van der Waals surface area contributed by atoms with E-state index >= 15 is 0 Å². The standard InChI is InChI=1S/C29H23N3O6/c1-38-21-12-6-17(7-13-21)16-31-28(34)23-24(29(31)35)26(27(33)19-8-10-20(11-9-19)32(36)37)30-15-14-18-4-2-3-5-22(18)25(23)30/h2-15,23-26H,16H2,1H3. The van der Waals surface area contributed by atoms with Crippen LogP contribution in [0.2, 0.25) is 0 Å². The number of methoxy groups -OCH3 is 1. The second kappa shape index (κ2) is 8.95. The van der Waals surface area contributed by atoms with Crippen molar-refractivity contribution in [1.29, 1.82) is 0 Å². The summed E-state index contributed by atoms with van der Waals surface area (Å²) >= 11 is 0. The van der Waals surface area contributed by atoms with Crippen LogP contribution in [0.1, 0.15) is 33.1 Å². The number of fused-ring (bicyclic) bond motifs is 5. The second-order valence-electron chi connectivity index (χ2n) is 9.61. The van der Waals surface area contributed by atoms with Crippen LogP contribution in [0, 0.1) is 22.0 Å². The molecule has 4 atom stereocenters. The lowest BCUT2D eigenvalue weighted by atomic mass is 9.83. The van der Waals surface area contributed by atoms with Crippen molar-refractivity contribution in [1.82, 2.24) is 9.80 Å². The average molecular weight is 510 g/mol. The van der Waals surface area contributed by atoms with E-state index in [9.17, 15) is 24.5 Å². The highest BCUT2D eigenvalue weighted by molar-refractivity contribution is 6.12. The van der Waals surface area contributed by atoms with Gasteiger partial charge in [0.05, 0.1) is 36.5 Å². The number of non-ortho nitro benzene ring substituents is 1. The molecule has 3 aliphatic heterocycles. The normalized spacial score (nSPS) is 23.2. The lowest BCUT2D eigenvalue weighted by Gasteiger charge is -2.35. The summed E-state index contributed by atoms with van der Waals surface area (Å²) in [6.45, 7) is 0.0946. The Balaban J connectivity index is 1.40. The number of likely N-dealkylation sites (tertiary alicyclic amines) is 1. The molecule has 0 N–H and O–H groups in total. The molecule has 0 radical (unpaired) electrons. The summed E-state index contributed by atoms with van der Waals surface area (Å²) in [7, 11) is 1.56. The molecule has 0 saturated carbocycles. The molecule has 9 nitrogen and oxygen atoms in total. The van der Waals surface area contributed by atoms with E-state index in [0.29, 0.717) is 5.75 Å². The van der Waals surface area contributed by atoms with Crippen LogP contribution >= 0.6 is 0 Å². The zero-order chi connectivity index (χ0) is 26.6. The molecule has 0 spiro atoms. The largest absolute Gasteiger partial charge is 0.497 e. The Morgan fingerprint density at radius 2 is 1.63 bits per heavy atom. The number of hydrogen-bond donors (Lipinski definition) is 0. The second-order valence-corrected chi connectivity index (χ2v) is 9.61. The maximum absolute atomic E-state index is 13.9. The zero-order valence-electron chi connectivity index (χ0n) is 20.4. The lowest BCUT2D eigenvalue weighted by molar-refractivity contribution is -0.384. The van der Waals surface area contributed by atoms with Crippen LogP contribution in [0.25, 0.3) is 6.08 Å². The fraction of sp³-hybridized carbons (Fsp3) is 0.207. The molecule has 6 rings (SSSR count). The van der Waals surface area contributed by atoms with Gasteiger partial charge in [-0.05, 0) is 47.0 Å². The van der Waals surface area contributed by atoms with Crippen molar-refractivity contribution in [2.75, 3.05) is 7.11 Å². The highest BCUT2D eigenvalue weighted by Crippen LogP contribution is 2.53. The highest BCUT2D eigenvalue weighted by atomic mass is 16.6. The molecular formula is C29H23N3O6. The van der Waals surface area contributed by atoms with Gasteiger partial charge in [0.15, 0.2) is 5.78 Å². The molecule has 2 fully saturated rings. The molecule has 3 heterocycles. The predicted molar refractivity (Wildman–Crippen MR) is 137 cm³/mol. The van der Waals surface area contributed by atoms with Crippen molar-refractivity contribution < 1.29 is 24.0 Å². The molecule has 9 heteroatoms. The number of benzene rings is 3. The number of nitro groups is 1.